The average molecular weight is 488 g/mol. The fourth-order valence-corrected chi connectivity index (χ4v) is 3.92. The van der Waals surface area contributed by atoms with Crippen molar-refractivity contribution >= 4 is 40.1 Å². The Bertz CT molecular complexity index is 1520. The van der Waals surface area contributed by atoms with Crippen molar-refractivity contribution in [3.63, 3.8) is 0 Å². The standard InChI is InChI=1S/C23H20N8O5/c1-23(19(32)21(33)27-13-2-3-16-17(11-13)36-29-20(16)25)22(34)30(8-9-35-23)18-5-7-31(28-18)15-4-6-26-14(10-15)12-24/h2-7,10-11,19,32H,8-9H2,1H3,(H2,25,29)(H,27,33)/t19-,23?/m0/s1. The lowest BCUT2D eigenvalue weighted by Crippen LogP contribution is -2.63. The Balaban J connectivity index is 1.34. The normalized spacial score (nSPS) is 18.7. The minimum Gasteiger partial charge on any atom is -0.380 e. The van der Waals surface area contributed by atoms with E-state index in [0.29, 0.717) is 28.2 Å². The Morgan fingerprint density at radius 2 is 2.17 bits per heavy atom. The molecule has 4 aromatic rings. The van der Waals surface area contributed by atoms with Crippen LogP contribution >= 0.6 is 0 Å². The second-order valence-electron chi connectivity index (χ2n) is 8.21. The van der Waals surface area contributed by atoms with Crippen molar-refractivity contribution in [3.05, 3.63) is 54.5 Å². The molecule has 2 amide bonds. The number of hydrogen-bond acceptors (Lipinski definition) is 10. The van der Waals surface area contributed by atoms with E-state index in [1.807, 2.05) is 6.07 Å². The zero-order valence-corrected chi connectivity index (χ0v) is 19.0. The molecular weight excluding hydrogens is 468 g/mol. The van der Waals surface area contributed by atoms with Crippen molar-refractivity contribution in [3.8, 4) is 11.8 Å². The van der Waals surface area contributed by atoms with E-state index in [0.717, 1.165) is 0 Å². The fourth-order valence-electron chi connectivity index (χ4n) is 3.92. The number of carbonyl (C=O) groups is 2. The molecule has 1 unspecified atom stereocenters. The lowest BCUT2D eigenvalue weighted by Gasteiger charge is -2.40. The van der Waals surface area contributed by atoms with Crippen molar-refractivity contribution in [1.82, 2.24) is 19.9 Å². The van der Waals surface area contributed by atoms with Crippen LogP contribution in [0.4, 0.5) is 17.3 Å². The number of nitriles is 1. The van der Waals surface area contributed by atoms with Gasteiger partial charge in [0.1, 0.15) is 11.8 Å². The number of hydrogen-bond donors (Lipinski definition) is 3. The number of nitrogens with one attached hydrogen (secondary N) is 1. The zero-order chi connectivity index (χ0) is 25.4. The summed E-state index contributed by atoms with van der Waals surface area (Å²) < 4.78 is 12.2. The van der Waals surface area contributed by atoms with Crippen molar-refractivity contribution in [2.75, 3.05) is 29.1 Å². The third kappa shape index (κ3) is 3.90. The first-order valence-corrected chi connectivity index (χ1v) is 10.8. The molecule has 4 N–H and O–H groups in total. The third-order valence-electron chi connectivity index (χ3n) is 5.90. The molecule has 13 nitrogen and oxygen atoms in total. The highest BCUT2D eigenvalue weighted by atomic mass is 16.5. The summed E-state index contributed by atoms with van der Waals surface area (Å²) >= 11 is 0. The Labute approximate surface area is 203 Å². The fraction of sp³-hybridized carbons (Fsp3) is 0.217. The minimum absolute atomic E-state index is 0.0660. The van der Waals surface area contributed by atoms with E-state index in [1.54, 1.807) is 36.5 Å². The van der Waals surface area contributed by atoms with Gasteiger partial charge in [0.2, 0.25) is 0 Å². The third-order valence-corrected chi connectivity index (χ3v) is 5.90. The van der Waals surface area contributed by atoms with Gasteiger partial charge in [0.15, 0.2) is 28.9 Å². The van der Waals surface area contributed by atoms with Crippen LogP contribution in [0, 0.1) is 11.3 Å². The van der Waals surface area contributed by atoms with Crippen LogP contribution in [-0.2, 0) is 14.3 Å². The Hall–Kier alpha value is -4.80. The number of amides is 2. The SMILES string of the molecule is CC1([C@@H](O)C(=O)Nc2ccc3c(N)noc3c2)OCCN(c2ccn(-c3ccnc(C#N)c3)n2)C1=O. The molecule has 1 fully saturated rings. The van der Waals surface area contributed by atoms with Crippen molar-refractivity contribution in [2.24, 2.45) is 0 Å². The van der Waals surface area contributed by atoms with Crippen molar-refractivity contribution in [2.45, 2.75) is 18.6 Å². The van der Waals surface area contributed by atoms with Gasteiger partial charge < -0.3 is 25.4 Å². The predicted octanol–water partition coefficient (Wildman–Crippen LogP) is 0.984. The van der Waals surface area contributed by atoms with Crippen molar-refractivity contribution in [1.29, 1.82) is 5.26 Å². The zero-order valence-electron chi connectivity index (χ0n) is 19.0. The summed E-state index contributed by atoms with van der Waals surface area (Å²) in [5.74, 6) is -0.960. The smallest absolute Gasteiger partial charge is 0.263 e. The number of nitrogens with zero attached hydrogens (tertiary/aromatic N) is 6. The first-order chi connectivity index (χ1) is 17.3. The van der Waals surface area contributed by atoms with Crippen LogP contribution in [0.1, 0.15) is 12.6 Å². The van der Waals surface area contributed by atoms with E-state index in [4.69, 9.17) is 20.3 Å². The molecule has 3 aromatic heterocycles. The maximum absolute atomic E-state index is 13.4. The van der Waals surface area contributed by atoms with Crippen LogP contribution in [0.5, 0.6) is 0 Å². The van der Waals surface area contributed by atoms with E-state index in [9.17, 15) is 14.7 Å². The van der Waals surface area contributed by atoms with Crippen LogP contribution in [0.3, 0.4) is 0 Å². The number of nitrogens with two attached hydrogens (primary N) is 1. The molecular formula is C23H20N8O5. The number of aliphatic hydroxyl groups excluding tert-OH is 1. The summed E-state index contributed by atoms with van der Waals surface area (Å²) in [5.41, 5.74) is 5.32. The number of aliphatic hydroxyl groups is 1. The first kappa shape index (κ1) is 23.0. The molecule has 36 heavy (non-hydrogen) atoms. The number of benzene rings is 1. The van der Waals surface area contributed by atoms with E-state index in [-0.39, 0.29) is 24.7 Å². The quantitative estimate of drug-likeness (QED) is 0.366. The molecule has 0 saturated carbocycles. The summed E-state index contributed by atoms with van der Waals surface area (Å²) in [6.45, 7) is 1.59. The average Bonchev–Trinajstić information content (AvgIpc) is 3.52. The van der Waals surface area contributed by atoms with E-state index in [1.165, 1.54) is 28.8 Å². The lowest BCUT2D eigenvalue weighted by molar-refractivity contribution is -0.170. The lowest BCUT2D eigenvalue weighted by atomic mass is 9.94. The molecule has 0 aliphatic carbocycles. The van der Waals surface area contributed by atoms with Gasteiger partial charge in [0.25, 0.3) is 11.8 Å². The highest BCUT2D eigenvalue weighted by Crippen LogP contribution is 2.29. The summed E-state index contributed by atoms with van der Waals surface area (Å²) in [7, 11) is 0. The maximum atomic E-state index is 13.4. The van der Waals surface area contributed by atoms with E-state index < -0.39 is 23.5 Å². The molecule has 1 saturated heterocycles. The summed E-state index contributed by atoms with van der Waals surface area (Å²) in [4.78, 5) is 31.5. The van der Waals surface area contributed by atoms with Crippen LogP contribution in [0.2, 0.25) is 0 Å². The number of ether oxygens (including phenoxy) is 1. The van der Waals surface area contributed by atoms with Crippen LogP contribution in [0.25, 0.3) is 16.7 Å². The van der Waals surface area contributed by atoms with Crippen LogP contribution in [0.15, 0.2) is 53.3 Å². The minimum atomic E-state index is -1.86. The molecule has 0 bridgehead atoms. The molecule has 4 heterocycles. The number of aromatic nitrogens is 4. The van der Waals surface area contributed by atoms with E-state index >= 15 is 0 Å². The van der Waals surface area contributed by atoms with Crippen molar-refractivity contribution < 1.29 is 24.0 Å². The van der Waals surface area contributed by atoms with Gasteiger partial charge in [0.05, 0.1) is 24.2 Å². The first-order valence-electron chi connectivity index (χ1n) is 10.8. The molecule has 5 rings (SSSR count). The number of carbonyl (C=O) groups excluding carboxylic acids is 2. The second-order valence-corrected chi connectivity index (χ2v) is 8.21. The largest absolute Gasteiger partial charge is 0.380 e. The van der Waals surface area contributed by atoms with Gasteiger partial charge in [-0.05, 0) is 25.1 Å². The Morgan fingerprint density at radius 3 is 2.97 bits per heavy atom. The van der Waals surface area contributed by atoms with Gasteiger partial charge in [-0.1, -0.05) is 5.16 Å². The molecule has 13 heteroatoms. The van der Waals surface area contributed by atoms with Gasteiger partial charge in [-0.2, -0.15) is 5.26 Å². The topological polar surface area (TPSA) is 185 Å². The summed E-state index contributed by atoms with van der Waals surface area (Å²) in [5, 5.41) is 31.1. The molecule has 0 radical (unpaired) electrons. The highest BCUT2D eigenvalue weighted by molar-refractivity contribution is 6.06. The summed E-state index contributed by atoms with van der Waals surface area (Å²) in [6.07, 6.45) is 1.28. The monoisotopic (exact) mass is 488 g/mol. The molecule has 1 aliphatic rings. The highest BCUT2D eigenvalue weighted by Gasteiger charge is 2.51. The van der Waals surface area contributed by atoms with Gasteiger partial charge in [0, 0.05) is 36.3 Å². The second kappa shape index (κ2) is 8.77. The molecule has 0 spiro atoms. The number of fused-ring (bicyclic) bond motifs is 1. The number of morpholine rings is 1. The van der Waals surface area contributed by atoms with Gasteiger partial charge in [-0.3, -0.25) is 14.5 Å². The predicted molar refractivity (Wildman–Crippen MR) is 126 cm³/mol. The van der Waals surface area contributed by atoms with Gasteiger partial charge in [-0.25, -0.2) is 9.67 Å². The van der Waals surface area contributed by atoms with Crippen LogP contribution in [-0.4, -0.2) is 61.7 Å². The molecule has 1 aliphatic heterocycles. The summed E-state index contributed by atoms with van der Waals surface area (Å²) in [6, 6.07) is 11.5. The van der Waals surface area contributed by atoms with Gasteiger partial charge >= 0.3 is 0 Å². The molecule has 182 valence electrons. The Kier molecular flexibility index (Phi) is 5.59. The number of nitrogen functional groups attached to an aromatic ring is 1. The number of pyridine rings is 1. The maximum Gasteiger partial charge on any atom is 0.263 e. The van der Waals surface area contributed by atoms with E-state index in [2.05, 4.69) is 20.6 Å². The van der Waals surface area contributed by atoms with Gasteiger partial charge in [-0.15, -0.1) is 5.10 Å². The Morgan fingerprint density at radius 1 is 1.33 bits per heavy atom. The van der Waals surface area contributed by atoms with Crippen LogP contribution < -0.4 is 16.0 Å². The number of anilines is 3. The molecule has 2 atom stereocenters. The molecule has 1 aromatic carbocycles. The number of rotatable bonds is 5.